The van der Waals surface area contributed by atoms with Gasteiger partial charge < -0.3 is 15.5 Å². The van der Waals surface area contributed by atoms with E-state index in [-0.39, 0.29) is 24.3 Å². The van der Waals surface area contributed by atoms with Crippen LogP contribution in [-0.4, -0.2) is 42.3 Å². The van der Waals surface area contributed by atoms with Crippen LogP contribution in [0, 0.1) is 0 Å². The highest BCUT2D eigenvalue weighted by molar-refractivity contribution is 6.35. The lowest BCUT2D eigenvalue weighted by molar-refractivity contribution is -0.121. The summed E-state index contributed by atoms with van der Waals surface area (Å²) in [5, 5.41) is 6.26. The highest BCUT2D eigenvalue weighted by atomic mass is 35.5. The molecule has 0 unspecified atom stereocenters. The Morgan fingerprint density at radius 1 is 0.900 bits per heavy atom. The fourth-order valence-electron chi connectivity index (χ4n) is 2.78. The molecule has 0 bridgehead atoms. The van der Waals surface area contributed by atoms with Gasteiger partial charge in [0.05, 0.1) is 6.54 Å². The molecule has 0 aromatic heterocycles. The molecule has 2 N–H and O–H groups in total. The van der Waals surface area contributed by atoms with Gasteiger partial charge in [-0.25, -0.2) is 0 Å². The Morgan fingerprint density at radius 2 is 1.53 bits per heavy atom. The number of nitrogens with zero attached hydrogens (tertiary/aromatic N) is 1. The largest absolute Gasteiger partial charge is 0.355 e. The molecule has 0 radical (unpaired) electrons. The number of nitrogens with one attached hydrogen (secondary N) is 2. The second kappa shape index (κ2) is 11.6. The summed E-state index contributed by atoms with van der Waals surface area (Å²) in [6.07, 6.45) is 1.57. The molecule has 2 aromatic carbocycles. The van der Waals surface area contributed by atoms with Crippen LogP contribution in [-0.2, 0) is 4.79 Å². The lowest BCUT2D eigenvalue weighted by Gasteiger charge is -2.21. The molecule has 30 heavy (non-hydrogen) atoms. The minimum atomic E-state index is -0.362. The first-order chi connectivity index (χ1) is 14.3. The first kappa shape index (κ1) is 23.7. The predicted octanol–water partition coefficient (Wildman–Crippen LogP) is 4.62. The summed E-state index contributed by atoms with van der Waals surface area (Å²) in [7, 11) is 0. The first-order valence-corrected chi connectivity index (χ1v) is 10.5. The Bertz CT molecular complexity index is 881. The molecule has 0 fully saturated rings. The molecule has 2 aromatic rings. The van der Waals surface area contributed by atoms with Crippen LogP contribution in [0.1, 0.15) is 47.4 Å². The molecular formula is C22H25Cl2N3O3. The van der Waals surface area contributed by atoms with Gasteiger partial charge >= 0.3 is 0 Å². The summed E-state index contributed by atoms with van der Waals surface area (Å²) in [5.74, 6) is -0.774. The second-order valence-corrected chi connectivity index (χ2v) is 7.64. The zero-order chi connectivity index (χ0) is 22.1. The highest BCUT2D eigenvalue weighted by Crippen LogP contribution is 2.20. The van der Waals surface area contributed by atoms with Crippen LogP contribution in [0.15, 0.2) is 42.5 Å². The van der Waals surface area contributed by atoms with Crippen LogP contribution in [0.4, 0.5) is 5.69 Å². The predicted molar refractivity (Wildman–Crippen MR) is 120 cm³/mol. The van der Waals surface area contributed by atoms with Gasteiger partial charge in [0.25, 0.3) is 11.8 Å². The molecular weight excluding hydrogens is 425 g/mol. The van der Waals surface area contributed by atoms with Crippen LogP contribution in [0.3, 0.4) is 0 Å². The quantitative estimate of drug-likeness (QED) is 0.585. The third-order valence-corrected chi connectivity index (χ3v) is 4.64. The van der Waals surface area contributed by atoms with E-state index in [0.29, 0.717) is 39.9 Å². The number of amides is 3. The molecule has 0 atom stereocenters. The van der Waals surface area contributed by atoms with E-state index < -0.39 is 0 Å². The lowest BCUT2D eigenvalue weighted by atomic mass is 10.1. The Morgan fingerprint density at radius 3 is 2.10 bits per heavy atom. The fraction of sp³-hybridized carbons (Fsp3) is 0.318. The third kappa shape index (κ3) is 7.04. The van der Waals surface area contributed by atoms with Gasteiger partial charge in [0.1, 0.15) is 0 Å². The van der Waals surface area contributed by atoms with E-state index in [9.17, 15) is 14.4 Å². The molecule has 0 heterocycles. The van der Waals surface area contributed by atoms with Crippen molar-refractivity contribution in [1.29, 1.82) is 0 Å². The minimum Gasteiger partial charge on any atom is -0.355 e. The van der Waals surface area contributed by atoms with Gasteiger partial charge in [-0.15, -0.1) is 0 Å². The number of rotatable bonds is 9. The van der Waals surface area contributed by atoms with Crippen LogP contribution in [0.2, 0.25) is 10.0 Å². The van der Waals surface area contributed by atoms with E-state index >= 15 is 0 Å². The summed E-state index contributed by atoms with van der Waals surface area (Å²) in [6.45, 7) is 4.99. The van der Waals surface area contributed by atoms with Gasteiger partial charge in [-0.1, -0.05) is 37.0 Å². The van der Waals surface area contributed by atoms with Crippen LogP contribution < -0.4 is 10.6 Å². The SMILES string of the molecule is CCCNC(=O)CN(CCC)C(=O)c1ccc(NC(=O)c2cc(Cl)cc(Cl)c2)cc1. The van der Waals surface area contributed by atoms with Gasteiger partial charge in [0.2, 0.25) is 5.91 Å². The van der Waals surface area contributed by atoms with Gasteiger partial charge in [0.15, 0.2) is 0 Å². The number of hydrogen-bond donors (Lipinski definition) is 2. The maximum atomic E-state index is 12.8. The van der Waals surface area contributed by atoms with Crippen LogP contribution in [0.25, 0.3) is 0 Å². The normalized spacial score (nSPS) is 10.4. The highest BCUT2D eigenvalue weighted by Gasteiger charge is 2.18. The van der Waals surface area contributed by atoms with Crippen molar-refractivity contribution in [3.8, 4) is 0 Å². The smallest absolute Gasteiger partial charge is 0.255 e. The van der Waals surface area contributed by atoms with Gasteiger partial charge in [0, 0.05) is 39.9 Å². The van der Waals surface area contributed by atoms with Crippen molar-refractivity contribution < 1.29 is 14.4 Å². The van der Waals surface area contributed by atoms with Crippen molar-refractivity contribution in [2.45, 2.75) is 26.7 Å². The third-order valence-electron chi connectivity index (χ3n) is 4.20. The molecule has 6 nitrogen and oxygen atoms in total. The molecule has 0 aliphatic heterocycles. The zero-order valence-electron chi connectivity index (χ0n) is 17.0. The van der Waals surface area contributed by atoms with E-state index in [1.54, 1.807) is 30.3 Å². The molecule has 0 saturated heterocycles. The van der Waals surface area contributed by atoms with E-state index in [1.165, 1.54) is 17.0 Å². The lowest BCUT2D eigenvalue weighted by Crippen LogP contribution is -2.41. The second-order valence-electron chi connectivity index (χ2n) is 6.77. The Kier molecular flexibility index (Phi) is 9.15. The minimum absolute atomic E-state index is 0.0146. The summed E-state index contributed by atoms with van der Waals surface area (Å²) in [6, 6.07) is 11.1. The number of carbonyl (C=O) groups is 3. The van der Waals surface area contributed by atoms with Crippen molar-refractivity contribution in [3.63, 3.8) is 0 Å². The Balaban J connectivity index is 2.06. The first-order valence-electron chi connectivity index (χ1n) is 9.77. The average molecular weight is 450 g/mol. The summed E-state index contributed by atoms with van der Waals surface area (Å²) in [5.41, 5.74) is 1.30. The number of benzene rings is 2. The molecule has 8 heteroatoms. The number of hydrogen-bond acceptors (Lipinski definition) is 3. The summed E-state index contributed by atoms with van der Waals surface area (Å²) in [4.78, 5) is 38.7. The van der Waals surface area contributed by atoms with Gasteiger partial charge in [-0.2, -0.15) is 0 Å². The topological polar surface area (TPSA) is 78.5 Å². The van der Waals surface area contributed by atoms with E-state index in [4.69, 9.17) is 23.2 Å². The van der Waals surface area contributed by atoms with E-state index in [0.717, 1.165) is 12.8 Å². The van der Waals surface area contributed by atoms with Crippen molar-refractivity contribution in [3.05, 3.63) is 63.6 Å². The van der Waals surface area contributed by atoms with Crippen molar-refractivity contribution in [2.24, 2.45) is 0 Å². The summed E-state index contributed by atoms with van der Waals surface area (Å²) < 4.78 is 0. The summed E-state index contributed by atoms with van der Waals surface area (Å²) >= 11 is 11.9. The Hall–Kier alpha value is -2.57. The van der Waals surface area contributed by atoms with Crippen LogP contribution >= 0.6 is 23.2 Å². The molecule has 2 rings (SSSR count). The number of carbonyl (C=O) groups excluding carboxylic acids is 3. The van der Waals surface area contributed by atoms with Gasteiger partial charge in [-0.05, 0) is 55.3 Å². The molecule has 0 saturated carbocycles. The number of halogens is 2. The fourth-order valence-corrected chi connectivity index (χ4v) is 3.31. The number of anilines is 1. The molecule has 0 aliphatic carbocycles. The molecule has 0 aliphatic rings. The van der Waals surface area contributed by atoms with Crippen molar-refractivity contribution >= 4 is 46.6 Å². The molecule has 3 amide bonds. The Labute approximate surface area is 186 Å². The van der Waals surface area contributed by atoms with E-state index in [2.05, 4.69) is 10.6 Å². The zero-order valence-corrected chi connectivity index (χ0v) is 18.5. The standard InChI is InChI=1S/C22H25Cl2N3O3/c1-3-9-25-20(28)14-27(10-4-2)22(30)15-5-7-19(8-6-15)26-21(29)16-11-17(23)13-18(24)12-16/h5-8,11-13H,3-4,9-10,14H2,1-2H3,(H,25,28)(H,26,29). The van der Waals surface area contributed by atoms with Crippen molar-refractivity contribution in [2.75, 3.05) is 25.0 Å². The van der Waals surface area contributed by atoms with E-state index in [1.807, 2.05) is 13.8 Å². The maximum Gasteiger partial charge on any atom is 0.255 e. The average Bonchev–Trinajstić information content (AvgIpc) is 2.71. The maximum absolute atomic E-state index is 12.8. The molecule has 0 spiro atoms. The van der Waals surface area contributed by atoms with Crippen molar-refractivity contribution in [1.82, 2.24) is 10.2 Å². The van der Waals surface area contributed by atoms with Crippen LogP contribution in [0.5, 0.6) is 0 Å². The monoisotopic (exact) mass is 449 g/mol. The molecule has 160 valence electrons. The van der Waals surface area contributed by atoms with Gasteiger partial charge in [-0.3, -0.25) is 14.4 Å².